The maximum absolute atomic E-state index is 12.7. The van der Waals surface area contributed by atoms with E-state index < -0.39 is 30.1 Å². The molecule has 0 aliphatic rings. The molecule has 0 saturated heterocycles. The van der Waals surface area contributed by atoms with Crippen LogP contribution in [0, 0.1) is 5.92 Å². The van der Waals surface area contributed by atoms with Gasteiger partial charge >= 0.3 is 12.1 Å². The van der Waals surface area contributed by atoms with E-state index in [1.165, 1.54) is 7.11 Å². The quantitative estimate of drug-likeness (QED) is 0.564. The van der Waals surface area contributed by atoms with Crippen LogP contribution in [0.2, 0.25) is 0 Å². The van der Waals surface area contributed by atoms with Crippen molar-refractivity contribution in [3.63, 3.8) is 0 Å². The lowest BCUT2D eigenvalue weighted by molar-refractivity contribution is -0.145. The molecule has 2 atom stereocenters. The summed E-state index contributed by atoms with van der Waals surface area (Å²) < 4.78 is 9.98. The standard InChI is InChI=1S/C21H32N2O5/c1-5-6-12-17(20(25)27-4)22-19(24)18(13-15(2)3)23-21(26)28-14-16-10-8-7-9-11-16/h7-11,15,17-18H,5-6,12-14H2,1-4H3,(H,22,24)(H,23,26)/t17?,18-/m0/s1. The zero-order valence-electron chi connectivity index (χ0n) is 17.2. The Balaban J connectivity index is 2.69. The number of methoxy groups -OCH3 is 1. The van der Waals surface area contributed by atoms with E-state index >= 15 is 0 Å². The van der Waals surface area contributed by atoms with Crippen molar-refractivity contribution in [3.05, 3.63) is 35.9 Å². The molecule has 0 radical (unpaired) electrons. The highest BCUT2D eigenvalue weighted by Gasteiger charge is 2.27. The van der Waals surface area contributed by atoms with Gasteiger partial charge in [0.1, 0.15) is 18.7 Å². The molecular formula is C21H32N2O5. The molecular weight excluding hydrogens is 360 g/mol. The molecule has 1 aromatic carbocycles. The summed E-state index contributed by atoms with van der Waals surface area (Å²) in [5.41, 5.74) is 0.854. The molecule has 7 nitrogen and oxygen atoms in total. The first-order chi connectivity index (χ1) is 13.4. The Bertz CT molecular complexity index is 618. The van der Waals surface area contributed by atoms with E-state index in [1.807, 2.05) is 51.1 Å². The van der Waals surface area contributed by atoms with Gasteiger partial charge in [0.2, 0.25) is 5.91 Å². The highest BCUT2D eigenvalue weighted by atomic mass is 16.5. The van der Waals surface area contributed by atoms with Crippen LogP contribution in [0.15, 0.2) is 30.3 Å². The van der Waals surface area contributed by atoms with Gasteiger partial charge in [0, 0.05) is 0 Å². The number of carbonyl (C=O) groups excluding carboxylic acids is 3. The highest BCUT2D eigenvalue weighted by Crippen LogP contribution is 2.09. The van der Waals surface area contributed by atoms with Crippen molar-refractivity contribution in [3.8, 4) is 0 Å². The molecule has 156 valence electrons. The third kappa shape index (κ3) is 8.88. The van der Waals surface area contributed by atoms with E-state index in [0.29, 0.717) is 12.8 Å². The molecule has 7 heteroatoms. The van der Waals surface area contributed by atoms with Crippen LogP contribution in [0.3, 0.4) is 0 Å². The number of hydrogen-bond acceptors (Lipinski definition) is 5. The monoisotopic (exact) mass is 392 g/mol. The predicted octanol–water partition coefficient (Wildman–Crippen LogP) is 3.18. The van der Waals surface area contributed by atoms with Gasteiger partial charge in [0.25, 0.3) is 0 Å². The molecule has 28 heavy (non-hydrogen) atoms. The Morgan fingerprint density at radius 3 is 2.29 bits per heavy atom. The maximum atomic E-state index is 12.7. The number of esters is 1. The zero-order valence-corrected chi connectivity index (χ0v) is 17.2. The molecule has 0 aliphatic carbocycles. The maximum Gasteiger partial charge on any atom is 0.408 e. The number of hydrogen-bond donors (Lipinski definition) is 2. The van der Waals surface area contributed by atoms with E-state index in [-0.39, 0.29) is 12.5 Å². The fourth-order valence-electron chi connectivity index (χ4n) is 2.68. The Morgan fingerprint density at radius 2 is 1.71 bits per heavy atom. The second-order valence-electron chi connectivity index (χ2n) is 7.11. The summed E-state index contributed by atoms with van der Waals surface area (Å²) in [4.78, 5) is 36.8. The number of carbonyl (C=O) groups is 3. The molecule has 0 aliphatic heterocycles. The second kappa shape index (κ2) is 12.8. The lowest BCUT2D eigenvalue weighted by Crippen LogP contribution is -2.52. The molecule has 2 amide bonds. The van der Waals surface area contributed by atoms with Crippen molar-refractivity contribution in [1.82, 2.24) is 10.6 Å². The topological polar surface area (TPSA) is 93.7 Å². The number of nitrogens with one attached hydrogen (secondary N) is 2. The Hall–Kier alpha value is -2.57. The number of rotatable bonds is 11. The van der Waals surface area contributed by atoms with Crippen LogP contribution in [0.5, 0.6) is 0 Å². The number of amides is 2. The van der Waals surface area contributed by atoms with E-state index in [0.717, 1.165) is 18.4 Å². The van der Waals surface area contributed by atoms with Crippen LogP contribution in [-0.4, -0.2) is 37.2 Å². The van der Waals surface area contributed by atoms with Gasteiger partial charge in [-0.2, -0.15) is 0 Å². The van der Waals surface area contributed by atoms with Crippen molar-refractivity contribution in [2.24, 2.45) is 5.92 Å². The minimum Gasteiger partial charge on any atom is -0.467 e. The zero-order chi connectivity index (χ0) is 20.9. The van der Waals surface area contributed by atoms with Crippen molar-refractivity contribution in [1.29, 1.82) is 0 Å². The molecule has 0 fully saturated rings. The number of benzene rings is 1. The van der Waals surface area contributed by atoms with Crippen molar-refractivity contribution >= 4 is 18.0 Å². The second-order valence-corrected chi connectivity index (χ2v) is 7.11. The molecule has 0 aromatic heterocycles. The summed E-state index contributed by atoms with van der Waals surface area (Å²) in [6.07, 6.45) is 1.91. The van der Waals surface area contributed by atoms with Gasteiger partial charge in [-0.05, 0) is 24.3 Å². The summed E-state index contributed by atoms with van der Waals surface area (Å²) in [6.45, 7) is 6.02. The summed E-state index contributed by atoms with van der Waals surface area (Å²) >= 11 is 0. The Morgan fingerprint density at radius 1 is 1.04 bits per heavy atom. The lowest BCUT2D eigenvalue weighted by atomic mass is 10.0. The number of ether oxygens (including phenoxy) is 2. The van der Waals surface area contributed by atoms with Gasteiger partial charge < -0.3 is 20.1 Å². The number of alkyl carbamates (subject to hydrolysis) is 1. The predicted molar refractivity (Wildman–Crippen MR) is 106 cm³/mol. The molecule has 0 heterocycles. The molecule has 1 rings (SSSR count). The van der Waals surface area contributed by atoms with E-state index in [2.05, 4.69) is 10.6 Å². The largest absolute Gasteiger partial charge is 0.467 e. The summed E-state index contributed by atoms with van der Waals surface area (Å²) in [5, 5.41) is 5.31. The van der Waals surface area contributed by atoms with Crippen LogP contribution in [0.4, 0.5) is 4.79 Å². The van der Waals surface area contributed by atoms with Gasteiger partial charge in [0.05, 0.1) is 7.11 Å². The molecule has 1 aromatic rings. The molecule has 1 unspecified atom stereocenters. The first-order valence-electron chi connectivity index (χ1n) is 9.72. The first kappa shape index (κ1) is 23.5. The average Bonchev–Trinajstić information content (AvgIpc) is 2.68. The van der Waals surface area contributed by atoms with Gasteiger partial charge in [0.15, 0.2) is 0 Å². The van der Waals surface area contributed by atoms with Crippen molar-refractivity contribution in [2.75, 3.05) is 7.11 Å². The number of unbranched alkanes of at least 4 members (excludes halogenated alkanes) is 1. The van der Waals surface area contributed by atoms with Gasteiger partial charge in [-0.3, -0.25) is 4.79 Å². The third-order valence-corrected chi connectivity index (χ3v) is 4.18. The van der Waals surface area contributed by atoms with Gasteiger partial charge in [-0.25, -0.2) is 9.59 Å². The molecule has 0 bridgehead atoms. The van der Waals surface area contributed by atoms with Crippen molar-refractivity contribution in [2.45, 2.75) is 65.1 Å². The third-order valence-electron chi connectivity index (χ3n) is 4.18. The minimum absolute atomic E-state index is 0.115. The van der Waals surface area contributed by atoms with Gasteiger partial charge in [-0.1, -0.05) is 63.9 Å². The molecule has 0 saturated carbocycles. The fourth-order valence-corrected chi connectivity index (χ4v) is 2.68. The first-order valence-corrected chi connectivity index (χ1v) is 9.72. The van der Waals surface area contributed by atoms with Crippen LogP contribution < -0.4 is 10.6 Å². The smallest absolute Gasteiger partial charge is 0.408 e. The van der Waals surface area contributed by atoms with E-state index in [4.69, 9.17) is 9.47 Å². The Kier molecular flexibility index (Phi) is 10.7. The van der Waals surface area contributed by atoms with Crippen LogP contribution in [-0.2, 0) is 25.7 Å². The summed E-state index contributed by atoms with van der Waals surface area (Å²) in [7, 11) is 1.29. The van der Waals surface area contributed by atoms with Crippen molar-refractivity contribution < 1.29 is 23.9 Å². The summed E-state index contributed by atoms with van der Waals surface area (Å²) in [5.74, 6) is -0.744. The van der Waals surface area contributed by atoms with E-state index in [1.54, 1.807) is 0 Å². The minimum atomic E-state index is -0.794. The SMILES string of the molecule is CCCCC(NC(=O)[C@H](CC(C)C)NC(=O)OCc1ccccc1)C(=O)OC. The lowest BCUT2D eigenvalue weighted by Gasteiger charge is -2.23. The fraction of sp³-hybridized carbons (Fsp3) is 0.571. The molecule has 0 spiro atoms. The van der Waals surface area contributed by atoms with E-state index in [9.17, 15) is 14.4 Å². The van der Waals surface area contributed by atoms with Crippen LogP contribution in [0.1, 0.15) is 52.0 Å². The average molecular weight is 392 g/mol. The summed E-state index contributed by atoms with van der Waals surface area (Å²) in [6, 6.07) is 7.76. The van der Waals surface area contributed by atoms with Gasteiger partial charge in [-0.15, -0.1) is 0 Å². The van der Waals surface area contributed by atoms with Crippen LogP contribution in [0.25, 0.3) is 0 Å². The highest BCUT2D eigenvalue weighted by molar-refractivity contribution is 5.89. The normalized spacial score (nSPS) is 12.8. The Labute approximate surface area is 167 Å². The van der Waals surface area contributed by atoms with Crippen LogP contribution >= 0.6 is 0 Å². The molecule has 2 N–H and O–H groups in total.